The lowest BCUT2D eigenvalue weighted by atomic mass is 10.2. The van der Waals surface area contributed by atoms with Crippen molar-refractivity contribution < 1.29 is 14.3 Å². The molecule has 0 aliphatic carbocycles. The molecule has 1 heterocycles. The molecule has 1 aromatic carbocycles. The lowest BCUT2D eigenvalue weighted by Crippen LogP contribution is -2.34. The summed E-state index contributed by atoms with van der Waals surface area (Å²) in [6, 6.07) is 13.7. The van der Waals surface area contributed by atoms with E-state index in [1.165, 1.54) is 12.4 Å². The molecule has 0 saturated heterocycles. The van der Waals surface area contributed by atoms with Crippen molar-refractivity contribution in [3.05, 3.63) is 64.6 Å². The molecule has 0 unspecified atom stereocenters. The maximum atomic E-state index is 11.7. The summed E-state index contributed by atoms with van der Waals surface area (Å²) in [4.78, 5) is 37.4. The predicted molar refractivity (Wildman–Crippen MR) is 106 cm³/mol. The van der Waals surface area contributed by atoms with Gasteiger partial charge >= 0.3 is 6.09 Å². The van der Waals surface area contributed by atoms with Crippen LogP contribution in [0.5, 0.6) is 0 Å². The average molecular weight is 384 g/mol. The van der Waals surface area contributed by atoms with Crippen molar-refractivity contribution in [2.24, 2.45) is 0 Å². The van der Waals surface area contributed by atoms with Crippen LogP contribution in [-0.2, 0) is 9.53 Å². The van der Waals surface area contributed by atoms with Gasteiger partial charge in [0.25, 0.3) is 0 Å². The minimum Gasteiger partial charge on any atom is -0.444 e. The Morgan fingerprint density at radius 3 is 2.18 bits per heavy atom. The van der Waals surface area contributed by atoms with E-state index in [0.717, 1.165) is 0 Å². The van der Waals surface area contributed by atoms with Gasteiger partial charge in [-0.3, -0.25) is 9.59 Å². The van der Waals surface area contributed by atoms with Crippen LogP contribution in [0.15, 0.2) is 53.6 Å². The number of hydrogen-bond acceptors (Lipinski definition) is 5. The summed E-state index contributed by atoms with van der Waals surface area (Å²) in [7, 11) is 0. The molecule has 28 heavy (non-hydrogen) atoms. The second-order valence-electron chi connectivity index (χ2n) is 6.61. The molecule has 8 heteroatoms. The van der Waals surface area contributed by atoms with E-state index in [4.69, 9.17) is 10.00 Å². The van der Waals surface area contributed by atoms with Gasteiger partial charge in [0.1, 0.15) is 22.9 Å². The minimum absolute atomic E-state index is 0.0127. The molecule has 1 aromatic heterocycles. The molecular formula is C20H24N4O4. The fraction of sp³-hybridized carbons (Fsp3) is 0.300. The van der Waals surface area contributed by atoms with Gasteiger partial charge in [0.15, 0.2) is 0 Å². The standard InChI is InChI=1S/C14H18N4O4.C6H6/c1-14(2,3)22-13(21)17-5-4-11(19)18-10-8-16-7-9(6-15)12(10)20;1-2-4-6-5-3-1/h7-8H,4-5H2,1-3H3,(H,16,20)(H,17,21)(H,18,19);1-6H. The van der Waals surface area contributed by atoms with Crippen LogP contribution in [0.1, 0.15) is 32.8 Å². The Balaban J connectivity index is 0.000000552. The Hall–Kier alpha value is -3.60. The molecule has 0 aliphatic rings. The summed E-state index contributed by atoms with van der Waals surface area (Å²) in [6.45, 7) is 5.26. The quantitative estimate of drug-likeness (QED) is 0.748. The highest BCUT2D eigenvalue weighted by molar-refractivity contribution is 5.91. The van der Waals surface area contributed by atoms with Gasteiger partial charge in [-0.25, -0.2) is 4.79 Å². The Labute approximate surface area is 163 Å². The zero-order valence-corrected chi connectivity index (χ0v) is 16.1. The number of aromatic amines is 1. The van der Waals surface area contributed by atoms with E-state index in [2.05, 4.69) is 15.6 Å². The van der Waals surface area contributed by atoms with E-state index in [0.29, 0.717) is 0 Å². The van der Waals surface area contributed by atoms with Gasteiger partial charge in [-0.1, -0.05) is 36.4 Å². The zero-order chi connectivity index (χ0) is 21.0. The van der Waals surface area contributed by atoms with Crippen molar-refractivity contribution in [1.82, 2.24) is 10.3 Å². The number of alkyl carbamates (subject to hydrolysis) is 1. The molecule has 0 spiro atoms. The summed E-state index contributed by atoms with van der Waals surface area (Å²) in [5, 5.41) is 13.5. The number of H-pyrrole nitrogens is 1. The van der Waals surface area contributed by atoms with Crippen molar-refractivity contribution in [2.45, 2.75) is 32.8 Å². The highest BCUT2D eigenvalue weighted by Gasteiger charge is 2.16. The van der Waals surface area contributed by atoms with Gasteiger partial charge in [0, 0.05) is 25.4 Å². The van der Waals surface area contributed by atoms with E-state index in [9.17, 15) is 14.4 Å². The number of rotatable bonds is 4. The largest absolute Gasteiger partial charge is 0.444 e. The Bertz CT molecular complexity index is 838. The number of pyridine rings is 1. The molecular weight excluding hydrogens is 360 g/mol. The third-order valence-corrected chi connectivity index (χ3v) is 3.03. The summed E-state index contributed by atoms with van der Waals surface area (Å²) >= 11 is 0. The number of carbonyl (C=O) groups excluding carboxylic acids is 2. The van der Waals surface area contributed by atoms with E-state index >= 15 is 0 Å². The smallest absolute Gasteiger partial charge is 0.407 e. The summed E-state index contributed by atoms with van der Waals surface area (Å²) in [5.74, 6) is -0.461. The van der Waals surface area contributed by atoms with Gasteiger partial charge in [0.05, 0.1) is 0 Å². The van der Waals surface area contributed by atoms with Crippen molar-refractivity contribution in [3.8, 4) is 6.07 Å². The molecule has 148 valence electrons. The monoisotopic (exact) mass is 384 g/mol. The molecule has 2 amide bonds. The lowest BCUT2D eigenvalue weighted by Gasteiger charge is -2.19. The van der Waals surface area contributed by atoms with Gasteiger partial charge in [-0.2, -0.15) is 5.26 Å². The molecule has 2 aromatic rings. The molecule has 3 N–H and O–H groups in total. The molecule has 8 nitrogen and oxygen atoms in total. The fourth-order valence-electron chi connectivity index (χ4n) is 1.85. The molecule has 2 rings (SSSR count). The van der Waals surface area contributed by atoms with Crippen molar-refractivity contribution in [3.63, 3.8) is 0 Å². The molecule has 0 radical (unpaired) electrons. The second-order valence-corrected chi connectivity index (χ2v) is 6.61. The van der Waals surface area contributed by atoms with Gasteiger partial charge in [0.2, 0.25) is 11.3 Å². The number of carbonyl (C=O) groups is 2. The highest BCUT2D eigenvalue weighted by atomic mass is 16.6. The molecule has 0 fully saturated rings. The maximum Gasteiger partial charge on any atom is 0.407 e. The van der Waals surface area contributed by atoms with Crippen LogP contribution < -0.4 is 16.1 Å². The average Bonchev–Trinajstić information content (AvgIpc) is 2.64. The molecule has 0 aliphatic heterocycles. The van der Waals surface area contributed by atoms with Crippen LogP contribution in [0.25, 0.3) is 0 Å². The first-order chi connectivity index (χ1) is 13.2. The number of amides is 2. The lowest BCUT2D eigenvalue weighted by molar-refractivity contribution is -0.116. The van der Waals surface area contributed by atoms with E-state index in [1.54, 1.807) is 26.8 Å². The second kappa shape index (κ2) is 11.2. The van der Waals surface area contributed by atoms with Crippen molar-refractivity contribution in [1.29, 1.82) is 5.26 Å². The van der Waals surface area contributed by atoms with Crippen LogP contribution in [-0.4, -0.2) is 29.1 Å². The van der Waals surface area contributed by atoms with Crippen molar-refractivity contribution >= 4 is 17.7 Å². The number of aromatic nitrogens is 1. The van der Waals surface area contributed by atoms with E-state index < -0.39 is 23.0 Å². The Morgan fingerprint density at radius 2 is 1.68 bits per heavy atom. The summed E-state index contributed by atoms with van der Waals surface area (Å²) < 4.78 is 5.01. The van der Waals surface area contributed by atoms with E-state index in [1.807, 2.05) is 36.4 Å². The van der Waals surface area contributed by atoms with E-state index in [-0.39, 0.29) is 24.2 Å². The van der Waals surface area contributed by atoms with Gasteiger partial charge < -0.3 is 20.4 Å². The maximum absolute atomic E-state index is 11.7. The Kier molecular flexibility index (Phi) is 8.96. The topological polar surface area (TPSA) is 124 Å². The number of anilines is 1. The molecule has 0 bridgehead atoms. The molecule has 0 atom stereocenters. The number of benzene rings is 1. The first-order valence-electron chi connectivity index (χ1n) is 8.61. The number of nitrogens with one attached hydrogen (secondary N) is 3. The zero-order valence-electron chi connectivity index (χ0n) is 16.1. The summed E-state index contributed by atoms with van der Waals surface area (Å²) in [6.07, 6.45) is 1.89. The predicted octanol–water partition coefficient (Wildman–Crippen LogP) is 2.79. The fourth-order valence-corrected chi connectivity index (χ4v) is 1.85. The van der Waals surface area contributed by atoms with Crippen LogP contribution in [0, 0.1) is 11.3 Å². The minimum atomic E-state index is -0.621. The van der Waals surface area contributed by atoms with Crippen LogP contribution in [0.3, 0.4) is 0 Å². The molecule has 0 saturated carbocycles. The first kappa shape index (κ1) is 22.4. The number of nitrogens with zero attached hydrogens (tertiary/aromatic N) is 1. The van der Waals surface area contributed by atoms with Crippen molar-refractivity contribution in [2.75, 3.05) is 11.9 Å². The summed E-state index contributed by atoms with van der Waals surface area (Å²) in [5.41, 5.74) is -1.28. The van der Waals surface area contributed by atoms with Crippen LogP contribution in [0.4, 0.5) is 10.5 Å². The normalized spacial score (nSPS) is 9.93. The third-order valence-electron chi connectivity index (χ3n) is 3.03. The number of nitriles is 1. The number of hydrogen-bond donors (Lipinski definition) is 3. The first-order valence-corrected chi connectivity index (χ1v) is 8.61. The van der Waals surface area contributed by atoms with Gasteiger partial charge in [-0.05, 0) is 20.8 Å². The van der Waals surface area contributed by atoms with Crippen LogP contribution in [0.2, 0.25) is 0 Å². The Morgan fingerprint density at radius 1 is 1.11 bits per heavy atom. The SMILES string of the molecule is CC(C)(C)OC(=O)NCCC(=O)Nc1c[nH]cc(C#N)c1=O.c1ccccc1. The van der Waals surface area contributed by atoms with Gasteiger partial charge in [-0.15, -0.1) is 0 Å². The third kappa shape index (κ3) is 9.20. The number of ether oxygens (including phenoxy) is 1. The van der Waals surface area contributed by atoms with Crippen LogP contribution >= 0.6 is 0 Å². The highest BCUT2D eigenvalue weighted by Crippen LogP contribution is 2.06.